The van der Waals surface area contributed by atoms with E-state index in [1.54, 1.807) is 6.20 Å². The van der Waals surface area contributed by atoms with Crippen LogP contribution in [0.15, 0.2) is 18.3 Å². The average Bonchev–Trinajstić information content (AvgIpc) is 2.31. The smallest absolute Gasteiger partial charge is 0.0605 e. The van der Waals surface area contributed by atoms with Gasteiger partial charge in [0.1, 0.15) is 0 Å². The van der Waals surface area contributed by atoms with E-state index in [0.717, 1.165) is 25.1 Å². The van der Waals surface area contributed by atoms with Gasteiger partial charge in [0, 0.05) is 12.6 Å². The second-order valence-corrected chi connectivity index (χ2v) is 3.98. The third-order valence-electron chi connectivity index (χ3n) is 2.23. The van der Waals surface area contributed by atoms with Gasteiger partial charge in [0.25, 0.3) is 0 Å². The van der Waals surface area contributed by atoms with E-state index >= 15 is 0 Å². The highest BCUT2D eigenvalue weighted by Gasteiger charge is 2.10. The maximum Gasteiger partial charge on any atom is 0.0605 e. The number of aromatic nitrogens is 1. The van der Waals surface area contributed by atoms with Crippen LogP contribution in [0.4, 0.5) is 0 Å². The number of rotatable bonds is 5. The second-order valence-electron chi connectivity index (χ2n) is 3.54. The van der Waals surface area contributed by atoms with Gasteiger partial charge in [0.05, 0.1) is 16.8 Å². The molecule has 0 radical (unpaired) electrons. The first-order valence-electron chi connectivity index (χ1n) is 5.52. The van der Waals surface area contributed by atoms with Gasteiger partial charge in [-0.15, -0.1) is 11.8 Å². The summed E-state index contributed by atoms with van der Waals surface area (Å²) < 4.78 is 0. The molecule has 0 saturated carbocycles. The Bertz CT molecular complexity index is 362. The lowest BCUT2D eigenvalue weighted by Crippen LogP contribution is -2.22. The van der Waals surface area contributed by atoms with Gasteiger partial charge in [-0.1, -0.05) is 18.5 Å². The zero-order valence-corrected chi connectivity index (χ0v) is 10.5. The normalized spacial score (nSPS) is 11.7. The lowest BCUT2D eigenvalue weighted by molar-refractivity contribution is 0.531. The number of nitrogens with zero attached hydrogens (tertiary/aromatic N) is 1. The fourth-order valence-electron chi connectivity index (χ4n) is 1.40. The highest BCUT2D eigenvalue weighted by atomic mass is 35.5. The fraction of sp³-hybridized carbons (Fsp3) is 0.462. The minimum Gasteiger partial charge on any atom is -0.308 e. The Balaban J connectivity index is 2.72. The van der Waals surface area contributed by atoms with Crippen molar-refractivity contribution in [2.24, 2.45) is 0 Å². The minimum atomic E-state index is 0.199. The van der Waals surface area contributed by atoms with Crippen LogP contribution in [0.5, 0.6) is 0 Å². The van der Waals surface area contributed by atoms with Crippen molar-refractivity contribution < 1.29 is 0 Å². The molecular formula is C13H17ClN2. The summed E-state index contributed by atoms with van der Waals surface area (Å²) in [6.45, 7) is 4.97. The van der Waals surface area contributed by atoms with E-state index in [0.29, 0.717) is 5.02 Å². The largest absolute Gasteiger partial charge is 0.308 e. The molecule has 1 aromatic rings. The molecule has 0 amide bonds. The van der Waals surface area contributed by atoms with Crippen molar-refractivity contribution in [3.05, 3.63) is 29.0 Å². The van der Waals surface area contributed by atoms with Crippen LogP contribution in [-0.2, 0) is 0 Å². The monoisotopic (exact) mass is 236 g/mol. The number of pyridine rings is 1. The third kappa shape index (κ3) is 4.22. The molecule has 3 heteroatoms. The third-order valence-corrected chi connectivity index (χ3v) is 2.45. The zero-order chi connectivity index (χ0) is 11.8. The average molecular weight is 237 g/mol. The maximum atomic E-state index is 5.81. The summed E-state index contributed by atoms with van der Waals surface area (Å²) in [7, 11) is 0. The molecule has 1 unspecified atom stereocenters. The van der Waals surface area contributed by atoms with Gasteiger partial charge in [-0.05, 0) is 32.0 Å². The van der Waals surface area contributed by atoms with E-state index in [1.165, 1.54) is 0 Å². The molecule has 1 aromatic heterocycles. The Morgan fingerprint density at radius 2 is 2.31 bits per heavy atom. The molecule has 1 rings (SSSR count). The van der Waals surface area contributed by atoms with Gasteiger partial charge in [0.2, 0.25) is 0 Å². The van der Waals surface area contributed by atoms with Crippen molar-refractivity contribution in [3.63, 3.8) is 0 Å². The number of halogens is 1. The molecule has 0 aliphatic carbocycles. The lowest BCUT2D eigenvalue weighted by Gasteiger charge is -2.15. The van der Waals surface area contributed by atoms with Gasteiger partial charge >= 0.3 is 0 Å². The predicted octanol–water partition coefficient (Wildman–Crippen LogP) is 3.19. The van der Waals surface area contributed by atoms with Crippen molar-refractivity contribution in [2.45, 2.75) is 32.7 Å². The van der Waals surface area contributed by atoms with Gasteiger partial charge < -0.3 is 5.32 Å². The SMILES string of the molecule is CC#CCC(NCCC)c1ccc(Cl)cn1. The Labute approximate surface area is 102 Å². The first-order chi connectivity index (χ1) is 7.77. The number of hydrogen-bond acceptors (Lipinski definition) is 2. The Hall–Kier alpha value is -1.04. The molecule has 0 aromatic carbocycles. The number of nitrogens with one attached hydrogen (secondary N) is 1. The highest BCUT2D eigenvalue weighted by Crippen LogP contribution is 2.16. The van der Waals surface area contributed by atoms with Crippen LogP contribution in [-0.4, -0.2) is 11.5 Å². The van der Waals surface area contributed by atoms with Gasteiger partial charge in [0.15, 0.2) is 0 Å². The number of hydrogen-bond donors (Lipinski definition) is 1. The summed E-state index contributed by atoms with van der Waals surface area (Å²) in [4.78, 5) is 4.32. The quantitative estimate of drug-likeness (QED) is 0.795. The summed E-state index contributed by atoms with van der Waals surface area (Å²) in [5, 5.41) is 4.10. The molecule has 2 nitrogen and oxygen atoms in total. The molecule has 0 saturated heterocycles. The van der Waals surface area contributed by atoms with Crippen molar-refractivity contribution in [2.75, 3.05) is 6.54 Å². The van der Waals surface area contributed by atoms with E-state index in [-0.39, 0.29) is 6.04 Å². The van der Waals surface area contributed by atoms with Gasteiger partial charge in [-0.25, -0.2) is 0 Å². The lowest BCUT2D eigenvalue weighted by atomic mass is 10.1. The molecule has 0 aliphatic heterocycles. The molecule has 0 bridgehead atoms. The van der Waals surface area contributed by atoms with Crippen molar-refractivity contribution in [1.29, 1.82) is 0 Å². The highest BCUT2D eigenvalue weighted by molar-refractivity contribution is 6.30. The molecule has 0 spiro atoms. The first kappa shape index (κ1) is 13.0. The van der Waals surface area contributed by atoms with Crippen molar-refractivity contribution >= 4 is 11.6 Å². The van der Waals surface area contributed by atoms with Crippen molar-refractivity contribution in [1.82, 2.24) is 10.3 Å². The summed E-state index contributed by atoms with van der Waals surface area (Å²) in [6.07, 6.45) is 3.56. The fourth-order valence-corrected chi connectivity index (χ4v) is 1.51. The van der Waals surface area contributed by atoms with E-state index in [9.17, 15) is 0 Å². The van der Waals surface area contributed by atoms with Crippen LogP contribution < -0.4 is 5.32 Å². The van der Waals surface area contributed by atoms with Crippen molar-refractivity contribution in [3.8, 4) is 11.8 Å². The zero-order valence-electron chi connectivity index (χ0n) is 9.76. The predicted molar refractivity (Wildman–Crippen MR) is 68.3 cm³/mol. The summed E-state index contributed by atoms with van der Waals surface area (Å²) >= 11 is 5.81. The molecule has 1 heterocycles. The van der Waals surface area contributed by atoms with E-state index in [1.807, 2.05) is 19.1 Å². The van der Waals surface area contributed by atoms with Crippen LogP contribution in [0.3, 0.4) is 0 Å². The van der Waals surface area contributed by atoms with Crippen LogP contribution in [0.2, 0.25) is 5.02 Å². The summed E-state index contributed by atoms with van der Waals surface area (Å²) in [5.41, 5.74) is 1.00. The van der Waals surface area contributed by atoms with E-state index < -0.39 is 0 Å². The second kappa shape index (κ2) is 7.27. The van der Waals surface area contributed by atoms with Gasteiger partial charge in [-0.2, -0.15) is 0 Å². The Morgan fingerprint density at radius 1 is 1.50 bits per heavy atom. The molecular weight excluding hydrogens is 220 g/mol. The molecule has 0 fully saturated rings. The van der Waals surface area contributed by atoms with E-state index in [4.69, 9.17) is 11.6 Å². The summed E-state index contributed by atoms with van der Waals surface area (Å²) in [5.74, 6) is 6.00. The maximum absolute atomic E-state index is 5.81. The molecule has 1 N–H and O–H groups in total. The Morgan fingerprint density at radius 3 is 2.88 bits per heavy atom. The standard InChI is InChI=1S/C13H17ClN2/c1-3-5-6-12(15-9-4-2)13-8-7-11(14)10-16-13/h7-8,10,12,15H,4,6,9H2,1-2H3. The van der Waals surface area contributed by atoms with Crippen LogP contribution in [0, 0.1) is 11.8 Å². The van der Waals surface area contributed by atoms with E-state index in [2.05, 4.69) is 29.1 Å². The Kier molecular flexibility index (Phi) is 5.92. The van der Waals surface area contributed by atoms with Crippen LogP contribution in [0.1, 0.15) is 38.4 Å². The van der Waals surface area contributed by atoms with Crippen LogP contribution >= 0.6 is 11.6 Å². The minimum absolute atomic E-state index is 0.199. The molecule has 86 valence electrons. The molecule has 0 aliphatic rings. The molecule has 1 atom stereocenters. The molecule has 16 heavy (non-hydrogen) atoms. The van der Waals surface area contributed by atoms with Gasteiger partial charge in [-0.3, -0.25) is 4.98 Å². The van der Waals surface area contributed by atoms with Crippen LogP contribution in [0.25, 0.3) is 0 Å². The first-order valence-corrected chi connectivity index (χ1v) is 5.90. The summed E-state index contributed by atoms with van der Waals surface area (Å²) in [6, 6.07) is 4.02. The topological polar surface area (TPSA) is 24.9 Å².